The molecule has 3 aromatic heterocycles. The minimum Gasteiger partial charge on any atom is -0.349 e. The Balaban J connectivity index is 1.41. The predicted molar refractivity (Wildman–Crippen MR) is 133 cm³/mol. The highest BCUT2D eigenvalue weighted by Crippen LogP contribution is 2.43. The molecule has 0 saturated heterocycles. The Morgan fingerprint density at radius 3 is 2.45 bits per heavy atom. The molecule has 216 valence electrons. The fraction of sp³-hybridized carbons (Fsp3) is 0.615. The van der Waals surface area contributed by atoms with Crippen molar-refractivity contribution in [3.05, 3.63) is 41.1 Å². The van der Waals surface area contributed by atoms with Crippen LogP contribution in [0.2, 0.25) is 0 Å². The van der Waals surface area contributed by atoms with Gasteiger partial charge in [0, 0.05) is 19.3 Å². The van der Waals surface area contributed by atoms with Crippen molar-refractivity contribution >= 4 is 17.5 Å². The largest absolute Gasteiger partial charge is 0.349 e. The number of carbonyl (C=O) groups is 2. The van der Waals surface area contributed by atoms with E-state index in [1.165, 1.54) is 11.4 Å². The second-order valence-electron chi connectivity index (χ2n) is 10.9. The van der Waals surface area contributed by atoms with Crippen molar-refractivity contribution < 1.29 is 31.8 Å². The van der Waals surface area contributed by atoms with Gasteiger partial charge in [0.25, 0.3) is 11.8 Å². The normalized spacial score (nSPS) is 19.4. The molecule has 2 saturated carbocycles. The zero-order valence-corrected chi connectivity index (χ0v) is 22.2. The second-order valence-corrected chi connectivity index (χ2v) is 10.9. The van der Waals surface area contributed by atoms with Gasteiger partial charge in [-0.05, 0) is 61.2 Å². The van der Waals surface area contributed by atoms with Gasteiger partial charge >= 0.3 is 0 Å². The molecule has 0 aromatic carbocycles. The Bertz CT molecular complexity index is 1380. The summed E-state index contributed by atoms with van der Waals surface area (Å²) >= 11 is 0. The molecule has 2 aliphatic carbocycles. The van der Waals surface area contributed by atoms with Gasteiger partial charge in [-0.1, -0.05) is 12.1 Å². The van der Waals surface area contributed by atoms with E-state index in [-0.39, 0.29) is 48.9 Å². The lowest BCUT2D eigenvalue weighted by molar-refractivity contribution is -0.129. The van der Waals surface area contributed by atoms with Crippen LogP contribution < -0.4 is 10.6 Å². The molecular weight excluding hydrogens is 534 g/mol. The minimum atomic E-state index is -3.08. The summed E-state index contributed by atoms with van der Waals surface area (Å²) < 4.78 is 61.5. The molecule has 0 aliphatic heterocycles. The van der Waals surface area contributed by atoms with Crippen LogP contribution in [-0.4, -0.2) is 48.6 Å². The Labute approximate surface area is 227 Å². The molecule has 5 rings (SSSR count). The van der Waals surface area contributed by atoms with Crippen molar-refractivity contribution in [1.29, 1.82) is 0 Å². The van der Waals surface area contributed by atoms with Crippen LogP contribution >= 0.6 is 0 Å². The van der Waals surface area contributed by atoms with Crippen molar-refractivity contribution in [2.24, 2.45) is 11.8 Å². The first-order valence-corrected chi connectivity index (χ1v) is 13.4. The molecule has 2 N–H and O–H groups in total. The monoisotopic (exact) mass is 565 g/mol. The fourth-order valence-electron chi connectivity index (χ4n) is 5.19. The van der Waals surface area contributed by atoms with Crippen LogP contribution in [0.4, 0.5) is 17.6 Å². The Hall–Kier alpha value is -3.58. The van der Waals surface area contributed by atoms with Crippen LogP contribution in [0.15, 0.2) is 23.1 Å². The van der Waals surface area contributed by atoms with Gasteiger partial charge in [-0.2, -0.15) is 5.10 Å². The predicted octanol–water partition coefficient (Wildman–Crippen LogP) is 4.72. The lowest BCUT2D eigenvalue weighted by atomic mass is 9.81. The molecule has 3 aromatic rings. The number of aryl methyl sites for hydroxylation is 1. The highest BCUT2D eigenvalue weighted by atomic mass is 19.3. The standard InChI is InChI=1S/C26H31F4N7O3/c1-3-25(27,28)11-20(38)33-22(15-4-5-15)17-10-19-32-18(13-37(19)31-12-17)23(16-6-8-26(29,30)9-7-16)34-24(39)21-14(2)35-40-36-21/h10,12-13,15-16,22-23H,3-9,11H2,1-2H3,(H,33,38)(H,34,39)/t22?,23-/m0/s1. The van der Waals surface area contributed by atoms with Gasteiger partial charge in [0.05, 0.1) is 36.6 Å². The molecule has 10 nitrogen and oxygen atoms in total. The maximum absolute atomic E-state index is 13.9. The van der Waals surface area contributed by atoms with Gasteiger partial charge in [-0.15, -0.1) is 0 Å². The summed E-state index contributed by atoms with van der Waals surface area (Å²) in [6.45, 7) is 2.90. The first-order chi connectivity index (χ1) is 18.9. The van der Waals surface area contributed by atoms with E-state index in [9.17, 15) is 27.2 Å². The molecule has 0 bridgehead atoms. The minimum absolute atomic E-state index is 0.00742. The molecular formula is C26H31F4N7O3. The topological polar surface area (TPSA) is 127 Å². The van der Waals surface area contributed by atoms with Crippen LogP contribution in [0.1, 0.15) is 97.8 Å². The van der Waals surface area contributed by atoms with Crippen LogP contribution in [0.5, 0.6) is 0 Å². The number of fused-ring (bicyclic) bond motifs is 1. The fourth-order valence-corrected chi connectivity index (χ4v) is 5.19. The van der Waals surface area contributed by atoms with Crippen molar-refractivity contribution in [3.8, 4) is 0 Å². The Morgan fingerprint density at radius 1 is 1.12 bits per heavy atom. The van der Waals surface area contributed by atoms with Gasteiger partial charge in [-0.25, -0.2) is 31.7 Å². The van der Waals surface area contributed by atoms with E-state index in [0.717, 1.165) is 12.8 Å². The third kappa shape index (κ3) is 6.25. The average Bonchev–Trinajstić information content (AvgIpc) is 3.51. The van der Waals surface area contributed by atoms with Gasteiger partial charge < -0.3 is 10.6 Å². The maximum Gasteiger partial charge on any atom is 0.276 e. The third-order valence-corrected chi connectivity index (χ3v) is 7.77. The van der Waals surface area contributed by atoms with Gasteiger partial charge in [-0.3, -0.25) is 9.59 Å². The number of rotatable bonds is 10. The van der Waals surface area contributed by atoms with Crippen LogP contribution in [0.25, 0.3) is 5.65 Å². The number of carbonyl (C=O) groups excluding carboxylic acids is 2. The number of alkyl halides is 4. The highest BCUT2D eigenvalue weighted by molar-refractivity contribution is 5.93. The van der Waals surface area contributed by atoms with Crippen LogP contribution in [0, 0.1) is 18.8 Å². The Morgan fingerprint density at radius 2 is 1.82 bits per heavy atom. The molecule has 3 heterocycles. The number of amides is 2. The summed E-state index contributed by atoms with van der Waals surface area (Å²) in [6, 6.07) is 0.522. The molecule has 2 atom stereocenters. The summed E-state index contributed by atoms with van der Waals surface area (Å²) in [6.07, 6.45) is 3.30. The van der Waals surface area contributed by atoms with E-state index in [0.29, 0.717) is 16.9 Å². The molecule has 0 spiro atoms. The summed E-state index contributed by atoms with van der Waals surface area (Å²) in [5.74, 6) is -7.34. The summed E-state index contributed by atoms with van der Waals surface area (Å²) in [5.41, 5.74) is 1.75. The van der Waals surface area contributed by atoms with E-state index < -0.39 is 48.6 Å². The number of hydrogen-bond donors (Lipinski definition) is 2. The zero-order valence-electron chi connectivity index (χ0n) is 22.2. The molecule has 1 unspecified atom stereocenters. The number of hydrogen-bond acceptors (Lipinski definition) is 7. The van der Waals surface area contributed by atoms with E-state index >= 15 is 0 Å². The quantitative estimate of drug-likeness (QED) is 0.341. The van der Waals surface area contributed by atoms with Gasteiger partial charge in [0.1, 0.15) is 5.69 Å². The van der Waals surface area contributed by atoms with Crippen LogP contribution in [-0.2, 0) is 4.79 Å². The summed E-state index contributed by atoms with van der Waals surface area (Å²) in [7, 11) is 0. The van der Waals surface area contributed by atoms with E-state index in [4.69, 9.17) is 0 Å². The molecule has 14 heteroatoms. The molecule has 0 radical (unpaired) electrons. The highest BCUT2D eigenvalue weighted by Gasteiger charge is 2.40. The van der Waals surface area contributed by atoms with E-state index in [2.05, 4.69) is 35.7 Å². The number of nitrogens with zero attached hydrogens (tertiary/aromatic N) is 5. The molecule has 2 fully saturated rings. The maximum atomic E-state index is 13.9. The number of halogens is 4. The smallest absolute Gasteiger partial charge is 0.276 e. The lowest BCUT2D eigenvalue weighted by Gasteiger charge is -2.33. The van der Waals surface area contributed by atoms with Crippen molar-refractivity contribution in [2.75, 3.05) is 0 Å². The molecule has 2 aliphatic rings. The number of nitrogens with one attached hydrogen (secondary N) is 2. The van der Waals surface area contributed by atoms with E-state index in [1.807, 2.05) is 0 Å². The van der Waals surface area contributed by atoms with E-state index in [1.54, 1.807) is 25.4 Å². The number of imidazole rings is 1. The van der Waals surface area contributed by atoms with Crippen molar-refractivity contribution in [1.82, 2.24) is 35.5 Å². The first-order valence-electron chi connectivity index (χ1n) is 13.4. The Kier molecular flexibility index (Phi) is 7.53. The zero-order chi connectivity index (χ0) is 28.7. The SMILES string of the molecule is CCC(F)(F)CC(=O)NC(c1cnn2cc([C@@H](NC(=O)c3nonc3C)C3CCC(F)(F)CC3)nc2c1)C1CC1. The summed E-state index contributed by atoms with van der Waals surface area (Å²) in [5, 5.41) is 17.3. The van der Waals surface area contributed by atoms with Crippen molar-refractivity contribution in [2.45, 2.75) is 89.1 Å². The molecule has 2 amide bonds. The van der Waals surface area contributed by atoms with Crippen molar-refractivity contribution in [3.63, 3.8) is 0 Å². The van der Waals surface area contributed by atoms with Crippen LogP contribution in [0.3, 0.4) is 0 Å². The second kappa shape index (κ2) is 10.8. The number of aromatic nitrogens is 5. The molecule has 40 heavy (non-hydrogen) atoms. The average molecular weight is 566 g/mol. The van der Waals surface area contributed by atoms with Gasteiger partial charge in [0.2, 0.25) is 11.8 Å². The van der Waals surface area contributed by atoms with Gasteiger partial charge in [0.15, 0.2) is 11.3 Å². The lowest BCUT2D eigenvalue weighted by Crippen LogP contribution is -2.37. The third-order valence-electron chi connectivity index (χ3n) is 7.77. The first kappa shape index (κ1) is 28.0. The summed E-state index contributed by atoms with van der Waals surface area (Å²) in [4.78, 5) is 30.0.